The van der Waals surface area contributed by atoms with Gasteiger partial charge in [0.05, 0.1) is 0 Å². The molecule has 102 valence electrons. The topological polar surface area (TPSA) is 73.5 Å². The molecule has 1 aliphatic heterocycles. The minimum Gasteiger partial charge on any atom is -0.351 e. The molecule has 3 N–H and O–H groups in total. The molecule has 1 fully saturated rings. The number of rotatable bonds is 5. The summed E-state index contributed by atoms with van der Waals surface area (Å²) >= 11 is 0. The first-order chi connectivity index (χ1) is 9.22. The fourth-order valence-electron chi connectivity index (χ4n) is 1.91. The lowest BCUT2D eigenvalue weighted by atomic mass is 10.2. The second kappa shape index (κ2) is 6.19. The molecule has 6 nitrogen and oxygen atoms in total. The average Bonchev–Trinajstić information content (AvgIpc) is 2.85. The van der Waals surface area contributed by atoms with Gasteiger partial charge in [0, 0.05) is 37.4 Å². The van der Waals surface area contributed by atoms with Gasteiger partial charge >= 0.3 is 6.03 Å². The first kappa shape index (κ1) is 13.4. The van der Waals surface area contributed by atoms with E-state index in [0.29, 0.717) is 25.2 Å². The van der Waals surface area contributed by atoms with E-state index in [0.717, 1.165) is 12.2 Å². The van der Waals surface area contributed by atoms with Crippen LogP contribution in [0.3, 0.4) is 0 Å². The summed E-state index contributed by atoms with van der Waals surface area (Å²) in [4.78, 5) is 24.9. The van der Waals surface area contributed by atoms with Crippen molar-refractivity contribution in [1.82, 2.24) is 16.0 Å². The molecular formula is C13H18N4O2. The minimum absolute atomic E-state index is 0.0915. The first-order valence-electron chi connectivity index (χ1n) is 6.30. The molecule has 1 aromatic rings. The van der Waals surface area contributed by atoms with Crippen LogP contribution in [-0.2, 0) is 0 Å². The molecule has 1 aliphatic rings. The Morgan fingerprint density at radius 1 is 1.32 bits per heavy atom. The van der Waals surface area contributed by atoms with Crippen molar-refractivity contribution in [2.45, 2.75) is 0 Å². The summed E-state index contributed by atoms with van der Waals surface area (Å²) in [7, 11) is 1.84. The quantitative estimate of drug-likeness (QED) is 0.662. The van der Waals surface area contributed by atoms with Crippen molar-refractivity contribution in [3.05, 3.63) is 29.8 Å². The van der Waals surface area contributed by atoms with Gasteiger partial charge in [-0.3, -0.25) is 9.69 Å². The Hall–Kier alpha value is -2.08. The van der Waals surface area contributed by atoms with E-state index in [9.17, 15) is 9.59 Å². The molecule has 0 spiro atoms. The summed E-state index contributed by atoms with van der Waals surface area (Å²) in [5, 5.41) is 8.50. The Morgan fingerprint density at radius 3 is 2.63 bits per heavy atom. The Bertz CT molecular complexity index is 458. The predicted octanol–water partition coefficient (Wildman–Crippen LogP) is 0.165. The monoisotopic (exact) mass is 262 g/mol. The van der Waals surface area contributed by atoms with Gasteiger partial charge in [0.2, 0.25) is 0 Å². The second-order valence-corrected chi connectivity index (χ2v) is 4.29. The van der Waals surface area contributed by atoms with E-state index >= 15 is 0 Å². The zero-order chi connectivity index (χ0) is 13.7. The highest BCUT2D eigenvalue weighted by Crippen LogP contribution is 2.17. The van der Waals surface area contributed by atoms with Crippen molar-refractivity contribution in [3.8, 4) is 0 Å². The van der Waals surface area contributed by atoms with Gasteiger partial charge in [-0.25, -0.2) is 4.79 Å². The van der Waals surface area contributed by atoms with Gasteiger partial charge in [0.25, 0.3) is 5.91 Å². The van der Waals surface area contributed by atoms with Gasteiger partial charge in [-0.15, -0.1) is 0 Å². The number of carbonyl (C=O) groups excluding carboxylic acids is 2. The highest BCUT2D eigenvalue weighted by Gasteiger charge is 2.20. The van der Waals surface area contributed by atoms with Crippen molar-refractivity contribution in [1.29, 1.82) is 0 Å². The lowest BCUT2D eigenvalue weighted by Crippen LogP contribution is -2.30. The van der Waals surface area contributed by atoms with Crippen molar-refractivity contribution >= 4 is 17.6 Å². The number of hydrogen-bond donors (Lipinski definition) is 3. The Labute approximate surface area is 112 Å². The summed E-state index contributed by atoms with van der Waals surface area (Å²) in [5.74, 6) is -0.104. The lowest BCUT2D eigenvalue weighted by molar-refractivity contribution is 0.0954. The Kier molecular flexibility index (Phi) is 4.35. The van der Waals surface area contributed by atoms with Gasteiger partial charge in [0.15, 0.2) is 0 Å². The number of hydrogen-bond acceptors (Lipinski definition) is 3. The molecule has 6 heteroatoms. The van der Waals surface area contributed by atoms with Crippen LogP contribution in [0.25, 0.3) is 0 Å². The second-order valence-electron chi connectivity index (χ2n) is 4.29. The maximum atomic E-state index is 11.8. The smallest absolute Gasteiger partial charge is 0.321 e. The molecule has 0 aromatic heterocycles. The van der Waals surface area contributed by atoms with E-state index in [1.807, 2.05) is 7.05 Å². The van der Waals surface area contributed by atoms with Crippen LogP contribution in [0.5, 0.6) is 0 Å². The third kappa shape index (κ3) is 3.23. The molecule has 19 heavy (non-hydrogen) atoms. The SMILES string of the molecule is CNCCNC(=O)c1ccc(N2CCNC2=O)cc1. The van der Waals surface area contributed by atoms with Crippen LogP contribution in [0.1, 0.15) is 10.4 Å². The molecule has 0 atom stereocenters. The highest BCUT2D eigenvalue weighted by atomic mass is 16.2. The molecule has 2 rings (SSSR count). The van der Waals surface area contributed by atoms with Crippen LogP contribution in [0.4, 0.5) is 10.5 Å². The Morgan fingerprint density at radius 2 is 2.05 bits per heavy atom. The van der Waals surface area contributed by atoms with E-state index in [2.05, 4.69) is 16.0 Å². The number of likely N-dealkylation sites (N-methyl/N-ethyl adjacent to an activating group) is 1. The van der Waals surface area contributed by atoms with Crippen LogP contribution in [-0.4, -0.2) is 45.2 Å². The number of nitrogens with zero attached hydrogens (tertiary/aromatic N) is 1. The molecule has 0 aliphatic carbocycles. The third-order valence-electron chi connectivity index (χ3n) is 2.96. The molecule has 1 heterocycles. The fraction of sp³-hybridized carbons (Fsp3) is 0.385. The van der Waals surface area contributed by atoms with Gasteiger partial charge in [-0.05, 0) is 31.3 Å². The van der Waals surface area contributed by atoms with Crippen molar-refractivity contribution < 1.29 is 9.59 Å². The minimum atomic E-state index is -0.104. The maximum Gasteiger partial charge on any atom is 0.321 e. The van der Waals surface area contributed by atoms with Crippen LogP contribution in [0, 0.1) is 0 Å². The normalized spacial score (nSPS) is 14.4. The summed E-state index contributed by atoms with van der Waals surface area (Å²) in [5.41, 5.74) is 1.40. The van der Waals surface area contributed by atoms with Gasteiger partial charge in [-0.1, -0.05) is 0 Å². The van der Waals surface area contributed by atoms with Crippen molar-refractivity contribution in [2.75, 3.05) is 38.1 Å². The largest absolute Gasteiger partial charge is 0.351 e. The summed E-state index contributed by atoms with van der Waals surface area (Å²) in [6, 6.07) is 6.95. The van der Waals surface area contributed by atoms with Gasteiger partial charge in [0.1, 0.15) is 0 Å². The zero-order valence-electron chi connectivity index (χ0n) is 10.9. The number of benzene rings is 1. The van der Waals surface area contributed by atoms with E-state index < -0.39 is 0 Å². The Balaban J connectivity index is 1.98. The molecule has 1 saturated heterocycles. The van der Waals surface area contributed by atoms with Crippen molar-refractivity contribution in [2.24, 2.45) is 0 Å². The number of anilines is 1. The average molecular weight is 262 g/mol. The first-order valence-corrected chi connectivity index (χ1v) is 6.30. The fourth-order valence-corrected chi connectivity index (χ4v) is 1.91. The van der Waals surface area contributed by atoms with E-state index in [4.69, 9.17) is 0 Å². The number of amides is 3. The molecule has 0 unspecified atom stereocenters. The van der Waals surface area contributed by atoms with Gasteiger partial charge in [-0.2, -0.15) is 0 Å². The number of nitrogens with one attached hydrogen (secondary N) is 3. The highest BCUT2D eigenvalue weighted by molar-refractivity contribution is 5.96. The van der Waals surface area contributed by atoms with E-state index in [1.165, 1.54) is 0 Å². The predicted molar refractivity (Wildman–Crippen MR) is 73.4 cm³/mol. The van der Waals surface area contributed by atoms with E-state index in [-0.39, 0.29) is 11.9 Å². The molecule has 3 amide bonds. The number of carbonyl (C=O) groups is 2. The molecule has 1 aromatic carbocycles. The van der Waals surface area contributed by atoms with E-state index in [1.54, 1.807) is 29.2 Å². The maximum absolute atomic E-state index is 11.8. The van der Waals surface area contributed by atoms with Crippen LogP contribution >= 0.6 is 0 Å². The zero-order valence-corrected chi connectivity index (χ0v) is 10.9. The molecule has 0 saturated carbocycles. The standard InChI is InChI=1S/C13H18N4O2/c1-14-6-7-15-12(18)10-2-4-11(5-3-10)17-9-8-16-13(17)19/h2-5,14H,6-9H2,1H3,(H,15,18)(H,16,19). The summed E-state index contributed by atoms with van der Waals surface area (Å²) in [6.07, 6.45) is 0. The van der Waals surface area contributed by atoms with Crippen molar-refractivity contribution in [3.63, 3.8) is 0 Å². The third-order valence-corrected chi connectivity index (χ3v) is 2.96. The molecule has 0 radical (unpaired) electrons. The molecular weight excluding hydrogens is 244 g/mol. The van der Waals surface area contributed by atoms with Crippen LogP contribution in [0.15, 0.2) is 24.3 Å². The van der Waals surface area contributed by atoms with Crippen LogP contribution in [0.2, 0.25) is 0 Å². The summed E-state index contributed by atoms with van der Waals surface area (Å²) in [6.45, 7) is 2.64. The number of urea groups is 1. The van der Waals surface area contributed by atoms with Gasteiger partial charge < -0.3 is 16.0 Å². The summed E-state index contributed by atoms with van der Waals surface area (Å²) < 4.78 is 0. The molecule has 0 bridgehead atoms. The lowest BCUT2D eigenvalue weighted by Gasteiger charge is -2.14. The van der Waals surface area contributed by atoms with Crippen LogP contribution < -0.4 is 20.9 Å².